The van der Waals surface area contributed by atoms with Gasteiger partial charge in [-0.05, 0) is 36.8 Å². The summed E-state index contributed by atoms with van der Waals surface area (Å²) >= 11 is 0. The molecule has 0 spiro atoms. The first-order valence-corrected chi connectivity index (χ1v) is 13.0. The van der Waals surface area contributed by atoms with E-state index in [1.165, 1.54) is 12.7 Å². The number of hydrogen-bond donors (Lipinski definition) is 6. The van der Waals surface area contributed by atoms with Crippen LogP contribution in [0.2, 0.25) is 0 Å². The summed E-state index contributed by atoms with van der Waals surface area (Å²) in [7, 11) is 1.27. The SMILES string of the molecule is C=C[C@@H]1[C@H](/C(=C/O)C(=O)OC)C[C@H]2c3[nH]c4ccccc4c3CCN2[C@H]1C[C@@H]1O[C@H](CO)[C@@H](O)[C@H](O)[C@H]1O. The summed E-state index contributed by atoms with van der Waals surface area (Å²) in [6.45, 7) is 4.24. The van der Waals surface area contributed by atoms with Crippen LogP contribution in [-0.2, 0) is 20.7 Å². The Balaban J connectivity index is 1.56. The fourth-order valence-electron chi connectivity index (χ4n) is 6.85. The highest BCUT2D eigenvalue weighted by atomic mass is 16.5. The lowest BCUT2D eigenvalue weighted by Gasteiger charge is -2.53. The number of para-hydroxylation sites is 1. The van der Waals surface area contributed by atoms with E-state index in [1.54, 1.807) is 6.08 Å². The zero-order chi connectivity index (χ0) is 27.1. The molecule has 3 aliphatic rings. The van der Waals surface area contributed by atoms with Gasteiger partial charge in [-0.1, -0.05) is 24.3 Å². The van der Waals surface area contributed by atoms with Crippen LogP contribution in [-0.4, -0.2) is 98.2 Å². The Morgan fingerprint density at radius 1 is 1.21 bits per heavy atom. The second kappa shape index (κ2) is 10.8. The highest BCUT2D eigenvalue weighted by Crippen LogP contribution is 2.49. The number of aromatic nitrogens is 1. The van der Waals surface area contributed by atoms with E-state index in [0.717, 1.165) is 29.3 Å². The Morgan fingerprint density at radius 3 is 2.63 bits per heavy atom. The van der Waals surface area contributed by atoms with E-state index in [4.69, 9.17) is 9.47 Å². The minimum atomic E-state index is -1.48. The van der Waals surface area contributed by atoms with E-state index in [0.29, 0.717) is 13.0 Å². The van der Waals surface area contributed by atoms with Crippen LogP contribution in [0.3, 0.4) is 0 Å². The molecule has 2 fully saturated rings. The van der Waals surface area contributed by atoms with Crippen molar-refractivity contribution in [3.63, 3.8) is 0 Å². The predicted octanol–water partition coefficient (Wildman–Crippen LogP) is 1.11. The van der Waals surface area contributed by atoms with Gasteiger partial charge in [0, 0.05) is 35.1 Å². The fraction of sp³-hybridized carbons (Fsp3) is 0.536. The fourth-order valence-corrected chi connectivity index (χ4v) is 6.85. The Kier molecular flexibility index (Phi) is 7.63. The number of piperidine rings is 1. The van der Waals surface area contributed by atoms with Crippen LogP contribution < -0.4 is 0 Å². The lowest BCUT2D eigenvalue weighted by atomic mass is 9.69. The molecule has 0 aliphatic carbocycles. The number of benzene rings is 1. The van der Waals surface area contributed by atoms with Gasteiger partial charge in [-0.25, -0.2) is 4.79 Å². The molecule has 206 valence electrons. The number of aliphatic hydroxyl groups excluding tert-OH is 5. The molecule has 1 aromatic heterocycles. The average molecular weight is 529 g/mol. The highest BCUT2D eigenvalue weighted by Gasteiger charge is 2.51. The highest BCUT2D eigenvalue weighted by molar-refractivity contribution is 5.89. The van der Waals surface area contributed by atoms with Gasteiger partial charge in [-0.3, -0.25) is 4.90 Å². The molecule has 1 aromatic carbocycles. The number of methoxy groups -OCH3 is 1. The van der Waals surface area contributed by atoms with Crippen LogP contribution in [0.15, 0.2) is 48.8 Å². The molecule has 0 amide bonds. The minimum absolute atomic E-state index is 0.137. The van der Waals surface area contributed by atoms with Crippen molar-refractivity contribution in [3.8, 4) is 0 Å². The van der Waals surface area contributed by atoms with Crippen LogP contribution >= 0.6 is 0 Å². The van der Waals surface area contributed by atoms with E-state index in [-0.39, 0.29) is 30.0 Å². The molecule has 2 aromatic rings. The van der Waals surface area contributed by atoms with Gasteiger partial charge in [0.05, 0.1) is 37.7 Å². The van der Waals surface area contributed by atoms with Crippen LogP contribution in [0.1, 0.15) is 30.1 Å². The average Bonchev–Trinajstić information content (AvgIpc) is 3.32. The third-order valence-corrected chi connectivity index (χ3v) is 8.71. The van der Waals surface area contributed by atoms with Crippen molar-refractivity contribution >= 4 is 16.9 Å². The van der Waals surface area contributed by atoms with Gasteiger partial charge in [0.25, 0.3) is 0 Å². The van der Waals surface area contributed by atoms with Crippen molar-refractivity contribution in [2.45, 2.75) is 61.9 Å². The number of nitrogens with zero attached hydrogens (tertiary/aromatic N) is 1. The summed E-state index contributed by atoms with van der Waals surface area (Å²) in [5, 5.41) is 52.5. The Bertz CT molecular complexity index is 1210. The zero-order valence-corrected chi connectivity index (χ0v) is 21.3. The quantitative estimate of drug-likeness (QED) is 0.140. The number of aromatic amines is 1. The van der Waals surface area contributed by atoms with Crippen molar-refractivity contribution in [2.24, 2.45) is 11.8 Å². The van der Waals surface area contributed by atoms with Gasteiger partial charge in [-0.2, -0.15) is 0 Å². The summed E-state index contributed by atoms with van der Waals surface area (Å²) in [5.74, 6) is -1.41. The van der Waals surface area contributed by atoms with Crippen molar-refractivity contribution in [1.29, 1.82) is 0 Å². The number of carbonyl (C=O) groups is 1. The first kappa shape index (κ1) is 26.9. The second-order valence-electron chi connectivity index (χ2n) is 10.5. The number of H-pyrrole nitrogens is 1. The Morgan fingerprint density at radius 2 is 1.95 bits per heavy atom. The minimum Gasteiger partial charge on any atom is -0.515 e. The summed E-state index contributed by atoms with van der Waals surface area (Å²) in [5.41, 5.74) is 3.43. The Labute approximate surface area is 220 Å². The van der Waals surface area contributed by atoms with Crippen LogP contribution in [0.5, 0.6) is 0 Å². The number of nitrogens with one attached hydrogen (secondary N) is 1. The van der Waals surface area contributed by atoms with E-state index >= 15 is 0 Å². The van der Waals surface area contributed by atoms with E-state index in [2.05, 4.69) is 22.5 Å². The van der Waals surface area contributed by atoms with Crippen LogP contribution in [0.4, 0.5) is 0 Å². The number of esters is 1. The monoisotopic (exact) mass is 528 g/mol. The molecule has 9 atom stereocenters. The van der Waals surface area contributed by atoms with Crippen molar-refractivity contribution in [1.82, 2.24) is 9.88 Å². The smallest absolute Gasteiger partial charge is 0.337 e. The maximum Gasteiger partial charge on any atom is 0.337 e. The first-order valence-electron chi connectivity index (χ1n) is 13.0. The van der Waals surface area contributed by atoms with Crippen LogP contribution in [0.25, 0.3) is 10.9 Å². The van der Waals surface area contributed by atoms with E-state index < -0.39 is 49.0 Å². The summed E-state index contributed by atoms with van der Waals surface area (Å²) in [4.78, 5) is 18.6. The molecule has 38 heavy (non-hydrogen) atoms. The zero-order valence-electron chi connectivity index (χ0n) is 21.3. The largest absolute Gasteiger partial charge is 0.515 e. The van der Waals surface area contributed by atoms with Gasteiger partial charge >= 0.3 is 5.97 Å². The molecule has 3 aliphatic heterocycles. The topological polar surface area (TPSA) is 156 Å². The van der Waals surface area contributed by atoms with E-state index in [1.807, 2.05) is 18.2 Å². The van der Waals surface area contributed by atoms with Crippen molar-refractivity contribution in [2.75, 3.05) is 20.3 Å². The maximum atomic E-state index is 12.7. The number of carbonyl (C=O) groups excluding carboxylic acids is 1. The van der Waals surface area contributed by atoms with Crippen molar-refractivity contribution < 1.29 is 39.8 Å². The molecule has 0 radical (unpaired) electrons. The molecular weight excluding hydrogens is 492 g/mol. The molecule has 0 saturated carbocycles. The second-order valence-corrected chi connectivity index (χ2v) is 10.5. The number of hydrogen-bond acceptors (Lipinski definition) is 9. The van der Waals surface area contributed by atoms with Gasteiger partial charge in [0.1, 0.15) is 24.4 Å². The molecule has 0 unspecified atom stereocenters. The third-order valence-electron chi connectivity index (χ3n) is 8.71. The molecule has 5 rings (SSSR count). The van der Waals surface area contributed by atoms with Gasteiger partial charge in [0.15, 0.2) is 0 Å². The molecule has 10 heteroatoms. The summed E-state index contributed by atoms with van der Waals surface area (Å²) < 4.78 is 10.9. The standard InChI is InChI=1S/C28H36N2O8/c1-3-14-17(18(12-31)28(36)37-2)10-21-24-16(15-6-4-5-7-19(15)29-24)8-9-30(21)20(14)11-22-25(33)27(35)26(34)23(13-32)38-22/h3-7,12,14,17,20-23,25-27,29,31-35H,1,8-11,13H2,2H3/b18-12-/t14-,17-,20+,21+,22+,23-,25+,26-,27-/m1/s1. The van der Waals surface area contributed by atoms with E-state index in [9.17, 15) is 30.3 Å². The first-order chi connectivity index (χ1) is 18.3. The molecule has 0 bridgehead atoms. The Hall–Kier alpha value is -2.73. The number of fused-ring (bicyclic) bond motifs is 5. The molecule has 2 saturated heterocycles. The maximum absolute atomic E-state index is 12.7. The molecule has 4 heterocycles. The summed E-state index contributed by atoms with van der Waals surface area (Å²) in [6, 6.07) is 7.66. The van der Waals surface area contributed by atoms with Gasteiger partial charge in [0.2, 0.25) is 0 Å². The van der Waals surface area contributed by atoms with Crippen LogP contribution in [0, 0.1) is 11.8 Å². The normalized spacial score (nSPS) is 35.9. The number of ether oxygens (including phenoxy) is 2. The molecule has 6 N–H and O–H groups in total. The number of rotatable bonds is 6. The number of aliphatic hydroxyl groups is 5. The molecule has 10 nitrogen and oxygen atoms in total. The lowest BCUT2D eigenvalue weighted by molar-refractivity contribution is -0.235. The van der Waals surface area contributed by atoms with Gasteiger partial charge in [-0.15, -0.1) is 6.58 Å². The third kappa shape index (κ3) is 4.35. The molecular formula is C28H36N2O8. The van der Waals surface area contributed by atoms with Gasteiger partial charge < -0.3 is 40.0 Å². The predicted molar refractivity (Wildman–Crippen MR) is 138 cm³/mol. The summed E-state index contributed by atoms with van der Waals surface area (Å²) in [6.07, 6.45) is -2.10. The van der Waals surface area contributed by atoms with Crippen molar-refractivity contribution in [3.05, 3.63) is 60.0 Å². The lowest BCUT2D eigenvalue weighted by Crippen LogP contribution is -2.61.